The highest BCUT2D eigenvalue weighted by Crippen LogP contribution is 2.45. The molecule has 5 nitrogen and oxygen atoms in total. The zero-order chi connectivity index (χ0) is 7.78. The molecule has 56 valence electrons. The first-order chi connectivity index (χ1) is 4.63. The predicted octanol–water partition coefficient (Wildman–Crippen LogP) is -0.643. The Labute approximate surface area is 56.6 Å². The van der Waals surface area contributed by atoms with Gasteiger partial charge in [-0.1, -0.05) is 0 Å². The Hall–Kier alpha value is -1.10. The maximum absolute atomic E-state index is 10.6. The second-order valence-corrected chi connectivity index (χ2v) is 2.33. The van der Waals surface area contributed by atoms with E-state index in [-0.39, 0.29) is 0 Å². The van der Waals surface area contributed by atoms with Crippen LogP contribution in [0.15, 0.2) is 0 Å². The fourth-order valence-electron chi connectivity index (χ4n) is 0.770. The number of hydrogen-bond donors (Lipinski definition) is 3. The van der Waals surface area contributed by atoms with Crippen molar-refractivity contribution in [3.8, 4) is 0 Å². The number of carbonyl (C=O) groups excluding carboxylic acids is 1. The SMILES string of the molecule is O=C(O)C1(C(=O)NO)CC1. The molecule has 1 fully saturated rings. The summed E-state index contributed by atoms with van der Waals surface area (Å²) in [5.41, 5.74) is 0.00465. The van der Waals surface area contributed by atoms with E-state index >= 15 is 0 Å². The van der Waals surface area contributed by atoms with Crippen molar-refractivity contribution < 1.29 is 19.9 Å². The first-order valence-electron chi connectivity index (χ1n) is 2.81. The van der Waals surface area contributed by atoms with E-state index in [2.05, 4.69) is 0 Å². The van der Waals surface area contributed by atoms with E-state index in [0.717, 1.165) is 0 Å². The van der Waals surface area contributed by atoms with Gasteiger partial charge >= 0.3 is 5.97 Å². The number of amides is 1. The minimum atomic E-state index is -1.32. The van der Waals surface area contributed by atoms with Crippen LogP contribution in [0.5, 0.6) is 0 Å². The Bertz CT molecular complexity index is 184. The van der Waals surface area contributed by atoms with E-state index in [1.165, 1.54) is 5.48 Å². The third kappa shape index (κ3) is 0.750. The Kier molecular flexibility index (Phi) is 1.37. The van der Waals surface area contributed by atoms with Gasteiger partial charge in [-0.15, -0.1) is 0 Å². The number of carboxylic acid groups (broad SMARTS) is 1. The second kappa shape index (κ2) is 1.95. The van der Waals surface area contributed by atoms with Crippen molar-refractivity contribution in [1.29, 1.82) is 0 Å². The molecule has 0 atom stereocenters. The molecule has 0 aromatic rings. The van der Waals surface area contributed by atoms with Gasteiger partial charge in [-0.3, -0.25) is 14.8 Å². The molecule has 0 saturated heterocycles. The molecule has 0 radical (unpaired) electrons. The summed E-state index contributed by atoms with van der Waals surface area (Å²) in [6.45, 7) is 0. The average molecular weight is 145 g/mol. The van der Waals surface area contributed by atoms with Gasteiger partial charge in [-0.2, -0.15) is 0 Å². The van der Waals surface area contributed by atoms with E-state index in [9.17, 15) is 9.59 Å². The fourth-order valence-corrected chi connectivity index (χ4v) is 0.770. The van der Waals surface area contributed by atoms with Gasteiger partial charge in [0.15, 0.2) is 0 Å². The number of carboxylic acids is 1. The fraction of sp³-hybridized carbons (Fsp3) is 0.600. The van der Waals surface area contributed by atoms with Crippen LogP contribution in [0.4, 0.5) is 0 Å². The molecule has 10 heavy (non-hydrogen) atoms. The molecule has 0 heterocycles. The molecular formula is C5H7NO4. The largest absolute Gasteiger partial charge is 0.480 e. The van der Waals surface area contributed by atoms with Crippen molar-refractivity contribution in [1.82, 2.24) is 5.48 Å². The zero-order valence-corrected chi connectivity index (χ0v) is 5.13. The number of nitrogens with one attached hydrogen (secondary N) is 1. The van der Waals surface area contributed by atoms with E-state index in [4.69, 9.17) is 10.3 Å². The van der Waals surface area contributed by atoms with Gasteiger partial charge in [-0.05, 0) is 12.8 Å². The first kappa shape index (κ1) is 7.01. The highest BCUT2D eigenvalue weighted by molar-refractivity contribution is 6.04. The van der Waals surface area contributed by atoms with Crippen LogP contribution in [0.3, 0.4) is 0 Å². The summed E-state index contributed by atoms with van der Waals surface area (Å²) in [6, 6.07) is 0. The van der Waals surface area contributed by atoms with Crippen LogP contribution in [0.2, 0.25) is 0 Å². The standard InChI is InChI=1S/C5H7NO4/c7-3(6-10)5(1-2-5)4(8)9/h10H,1-2H2,(H,6,7)(H,8,9). The molecular weight excluding hydrogens is 138 g/mol. The molecule has 1 rings (SSSR count). The molecule has 1 aliphatic rings. The third-order valence-corrected chi connectivity index (χ3v) is 1.70. The normalized spacial score (nSPS) is 19.7. The van der Waals surface area contributed by atoms with E-state index in [1.54, 1.807) is 0 Å². The maximum atomic E-state index is 10.6. The van der Waals surface area contributed by atoms with Gasteiger partial charge in [0.25, 0.3) is 5.91 Å². The van der Waals surface area contributed by atoms with Crippen LogP contribution in [0, 0.1) is 5.41 Å². The quantitative estimate of drug-likeness (QED) is 0.274. The van der Waals surface area contributed by atoms with Crippen molar-refractivity contribution in [2.24, 2.45) is 5.41 Å². The van der Waals surface area contributed by atoms with Crippen LogP contribution in [-0.2, 0) is 9.59 Å². The van der Waals surface area contributed by atoms with Crippen LogP contribution in [0.1, 0.15) is 12.8 Å². The molecule has 0 aromatic heterocycles. The predicted molar refractivity (Wildman–Crippen MR) is 29.2 cm³/mol. The van der Waals surface area contributed by atoms with E-state index in [0.29, 0.717) is 12.8 Å². The van der Waals surface area contributed by atoms with Crippen molar-refractivity contribution in [2.45, 2.75) is 12.8 Å². The van der Waals surface area contributed by atoms with Gasteiger partial charge < -0.3 is 5.11 Å². The molecule has 0 aromatic carbocycles. The summed E-state index contributed by atoms with van der Waals surface area (Å²) in [5, 5.41) is 16.5. The van der Waals surface area contributed by atoms with Gasteiger partial charge in [0.05, 0.1) is 0 Å². The van der Waals surface area contributed by atoms with Crippen molar-refractivity contribution >= 4 is 11.9 Å². The molecule has 1 saturated carbocycles. The number of aliphatic carboxylic acids is 1. The lowest BCUT2D eigenvalue weighted by molar-refractivity contribution is -0.152. The van der Waals surface area contributed by atoms with Crippen molar-refractivity contribution in [3.63, 3.8) is 0 Å². The lowest BCUT2D eigenvalue weighted by Crippen LogP contribution is -2.34. The minimum Gasteiger partial charge on any atom is -0.480 e. The van der Waals surface area contributed by atoms with Gasteiger partial charge in [0.1, 0.15) is 5.41 Å². The molecule has 0 unspecified atom stereocenters. The monoisotopic (exact) mass is 145 g/mol. The smallest absolute Gasteiger partial charge is 0.319 e. The lowest BCUT2D eigenvalue weighted by atomic mass is 10.1. The summed E-state index contributed by atoms with van der Waals surface area (Å²) >= 11 is 0. The Balaban J connectivity index is 2.69. The number of hydrogen-bond acceptors (Lipinski definition) is 3. The van der Waals surface area contributed by atoms with E-state index < -0.39 is 17.3 Å². The van der Waals surface area contributed by atoms with Crippen LogP contribution < -0.4 is 5.48 Å². The molecule has 1 aliphatic carbocycles. The highest BCUT2D eigenvalue weighted by Gasteiger charge is 2.57. The average Bonchev–Trinajstić information content (AvgIpc) is 2.65. The molecule has 0 bridgehead atoms. The Morgan fingerprint density at radius 3 is 2.00 bits per heavy atom. The summed E-state index contributed by atoms with van der Waals surface area (Å²) in [5.74, 6) is -1.99. The summed E-state index contributed by atoms with van der Waals surface area (Å²) in [4.78, 5) is 20.9. The van der Waals surface area contributed by atoms with Gasteiger partial charge in [0, 0.05) is 0 Å². The van der Waals surface area contributed by atoms with Gasteiger partial charge in [0.2, 0.25) is 0 Å². The Morgan fingerprint density at radius 2 is 1.90 bits per heavy atom. The second-order valence-electron chi connectivity index (χ2n) is 2.33. The first-order valence-corrected chi connectivity index (χ1v) is 2.81. The number of hydroxylamine groups is 1. The molecule has 1 amide bonds. The third-order valence-electron chi connectivity index (χ3n) is 1.70. The zero-order valence-electron chi connectivity index (χ0n) is 5.13. The molecule has 5 heteroatoms. The van der Waals surface area contributed by atoms with Crippen molar-refractivity contribution in [3.05, 3.63) is 0 Å². The lowest BCUT2D eigenvalue weighted by Gasteiger charge is -2.04. The maximum Gasteiger partial charge on any atom is 0.319 e. The van der Waals surface area contributed by atoms with E-state index in [1.807, 2.05) is 0 Å². The molecule has 3 N–H and O–H groups in total. The summed E-state index contributed by atoms with van der Waals surface area (Å²) in [7, 11) is 0. The van der Waals surface area contributed by atoms with Crippen LogP contribution >= 0.6 is 0 Å². The van der Waals surface area contributed by atoms with Crippen molar-refractivity contribution in [2.75, 3.05) is 0 Å². The summed E-state index contributed by atoms with van der Waals surface area (Å²) in [6.07, 6.45) is 0.628. The van der Waals surface area contributed by atoms with Crippen LogP contribution in [-0.4, -0.2) is 22.2 Å². The van der Waals surface area contributed by atoms with Gasteiger partial charge in [-0.25, -0.2) is 5.48 Å². The number of carbonyl (C=O) groups is 2. The van der Waals surface area contributed by atoms with Crippen LogP contribution in [0.25, 0.3) is 0 Å². The minimum absolute atomic E-state index is 0.314. The highest BCUT2D eigenvalue weighted by atomic mass is 16.5. The Morgan fingerprint density at radius 1 is 1.40 bits per heavy atom. The summed E-state index contributed by atoms with van der Waals surface area (Å²) < 4.78 is 0. The molecule has 0 spiro atoms. The topological polar surface area (TPSA) is 86.6 Å². The molecule has 0 aliphatic heterocycles. The number of rotatable bonds is 2.